The van der Waals surface area contributed by atoms with Crippen LogP contribution in [-0.2, 0) is 33.1 Å². The van der Waals surface area contributed by atoms with Gasteiger partial charge in [0.1, 0.15) is 4.86 Å². The monoisotopic (exact) mass is 498 g/mol. The molecule has 0 saturated carbocycles. The molecule has 34 heavy (non-hydrogen) atoms. The van der Waals surface area contributed by atoms with Gasteiger partial charge in [-0.2, -0.15) is 8.42 Å². The molecule has 8 heteroatoms. The number of rotatable bonds is 7. The van der Waals surface area contributed by atoms with Gasteiger partial charge in [-0.25, -0.2) is 8.42 Å². The molecule has 0 saturated heterocycles. The minimum absolute atomic E-state index is 0.0615. The summed E-state index contributed by atoms with van der Waals surface area (Å²) in [5.41, 5.74) is 12.0. The number of nitrogens with two attached hydrogens (primary N) is 1. The van der Waals surface area contributed by atoms with Gasteiger partial charge in [-0.3, -0.25) is 4.98 Å². The van der Waals surface area contributed by atoms with E-state index in [0.717, 1.165) is 34.2 Å². The van der Waals surface area contributed by atoms with E-state index < -0.39 is 20.1 Å². The second-order valence-corrected chi connectivity index (χ2v) is 11.8. The molecule has 0 aliphatic carbocycles. The number of benzene rings is 2. The fraction of sp³-hybridized carbons (Fsp3) is 0.308. The van der Waals surface area contributed by atoms with Crippen molar-refractivity contribution in [1.29, 1.82) is 0 Å². The van der Waals surface area contributed by atoms with Crippen LogP contribution in [0, 0.1) is 19.8 Å². The minimum Gasteiger partial charge on any atom is -0.326 e. The molecular formula is C26H30N2O4S2. The molecule has 3 rings (SSSR count). The van der Waals surface area contributed by atoms with Gasteiger partial charge in [-0.05, 0) is 60.6 Å². The highest BCUT2D eigenvalue weighted by Crippen LogP contribution is 2.34. The zero-order chi connectivity index (χ0) is 25.2. The van der Waals surface area contributed by atoms with Crippen molar-refractivity contribution in [3.63, 3.8) is 0 Å². The summed E-state index contributed by atoms with van der Waals surface area (Å²) >= 11 is 0. The van der Waals surface area contributed by atoms with Crippen molar-refractivity contribution in [3.05, 3.63) is 82.2 Å². The van der Waals surface area contributed by atoms with Crippen LogP contribution in [0.3, 0.4) is 0 Å². The second-order valence-electron chi connectivity index (χ2n) is 8.90. The maximum Gasteiger partial charge on any atom is 0.222 e. The molecule has 1 heterocycles. The third-order valence-corrected chi connectivity index (χ3v) is 7.55. The zero-order valence-electron chi connectivity index (χ0n) is 20.1. The van der Waals surface area contributed by atoms with Crippen LogP contribution in [0.25, 0.3) is 11.1 Å². The van der Waals surface area contributed by atoms with Crippen LogP contribution < -0.4 is 5.73 Å². The second kappa shape index (κ2) is 10.2. The molecule has 1 aromatic heterocycles. The first-order valence-corrected chi connectivity index (χ1v) is 14.0. The van der Waals surface area contributed by atoms with Gasteiger partial charge in [0.05, 0.1) is 4.90 Å². The number of hydrogen-bond donors (Lipinski definition) is 1. The number of aryl methyl sites for hydroxylation is 2. The average molecular weight is 499 g/mol. The van der Waals surface area contributed by atoms with Crippen LogP contribution in [0.15, 0.2) is 53.4 Å². The van der Waals surface area contributed by atoms with E-state index in [9.17, 15) is 16.8 Å². The van der Waals surface area contributed by atoms with E-state index in [-0.39, 0.29) is 16.3 Å². The Bertz CT molecular complexity index is 1450. The fourth-order valence-electron chi connectivity index (χ4n) is 4.07. The van der Waals surface area contributed by atoms with E-state index in [2.05, 4.69) is 13.8 Å². The van der Waals surface area contributed by atoms with Crippen molar-refractivity contribution in [2.75, 3.05) is 6.26 Å². The minimum atomic E-state index is -3.41. The van der Waals surface area contributed by atoms with E-state index in [1.54, 1.807) is 6.92 Å². The Morgan fingerprint density at radius 1 is 1.00 bits per heavy atom. The summed E-state index contributed by atoms with van der Waals surface area (Å²) in [6.45, 7) is 8.20. The van der Waals surface area contributed by atoms with Gasteiger partial charge in [0.15, 0.2) is 9.84 Å². The number of nitrogens with zero attached hydrogens (tertiary/aromatic N) is 1. The Hall–Kier alpha value is -2.81. The molecule has 180 valence electrons. The molecule has 2 aromatic carbocycles. The number of pyridine rings is 1. The van der Waals surface area contributed by atoms with Crippen molar-refractivity contribution >= 4 is 25.0 Å². The maximum absolute atomic E-state index is 12.6. The summed E-state index contributed by atoms with van der Waals surface area (Å²) in [6, 6.07) is 13.8. The molecule has 0 radical (unpaired) electrons. The van der Waals surface area contributed by atoms with Crippen LogP contribution in [-0.4, -0.2) is 32.9 Å². The van der Waals surface area contributed by atoms with Crippen LogP contribution in [0.2, 0.25) is 0 Å². The molecule has 2 N–H and O–H groups in total. The summed E-state index contributed by atoms with van der Waals surface area (Å²) in [5, 5.41) is 0. The Morgan fingerprint density at radius 3 is 2.06 bits per heavy atom. The summed E-state index contributed by atoms with van der Waals surface area (Å²) in [5.74, 6) is 0.342. The number of sulfone groups is 1. The molecule has 6 nitrogen and oxygen atoms in total. The summed E-state index contributed by atoms with van der Waals surface area (Å²) in [6.07, 6.45) is 1.83. The third kappa shape index (κ3) is 5.46. The molecule has 0 aliphatic rings. The Labute approximate surface area is 203 Å². The lowest BCUT2D eigenvalue weighted by Gasteiger charge is -2.21. The molecule has 0 spiro atoms. The molecule has 0 unspecified atom stereocenters. The standard InChI is InChI=1S/C26H30N2O4S2/c1-16(2)14-23-22(15-27)25(19-8-6-17(3)7-9-19)24(18(4)28-23)26(33(29)30)20-10-12-21(13-11-20)34(5,31)32/h6-13,16H,14-15,27H2,1-5H3. The predicted molar refractivity (Wildman–Crippen MR) is 137 cm³/mol. The van der Waals surface area contributed by atoms with Crippen LogP contribution in [0.1, 0.15) is 47.5 Å². The average Bonchev–Trinajstić information content (AvgIpc) is 2.75. The predicted octanol–water partition coefficient (Wildman–Crippen LogP) is 3.87. The normalized spacial score (nSPS) is 11.6. The largest absolute Gasteiger partial charge is 0.326 e. The van der Waals surface area contributed by atoms with Gasteiger partial charge >= 0.3 is 0 Å². The Kier molecular flexibility index (Phi) is 7.75. The Balaban J connectivity index is 2.41. The molecular weight excluding hydrogens is 468 g/mol. The highest BCUT2D eigenvalue weighted by atomic mass is 32.2. The van der Waals surface area contributed by atoms with Crippen molar-refractivity contribution in [3.8, 4) is 11.1 Å². The van der Waals surface area contributed by atoms with Gasteiger partial charge in [-0.15, -0.1) is 0 Å². The highest BCUT2D eigenvalue weighted by molar-refractivity contribution is 7.90. The van der Waals surface area contributed by atoms with E-state index >= 15 is 0 Å². The number of aromatic nitrogens is 1. The van der Waals surface area contributed by atoms with Gasteiger partial charge in [0, 0.05) is 29.8 Å². The molecule has 3 aromatic rings. The first-order valence-electron chi connectivity index (χ1n) is 11.0. The molecule has 0 aliphatic heterocycles. The first-order chi connectivity index (χ1) is 15.9. The lowest BCUT2D eigenvalue weighted by molar-refractivity contribution is 0.602. The van der Waals surface area contributed by atoms with Gasteiger partial charge in [0.2, 0.25) is 10.3 Å². The van der Waals surface area contributed by atoms with Gasteiger partial charge < -0.3 is 5.73 Å². The van der Waals surface area contributed by atoms with Crippen molar-refractivity contribution in [2.45, 2.75) is 45.6 Å². The van der Waals surface area contributed by atoms with Crippen LogP contribution in [0.4, 0.5) is 0 Å². The Morgan fingerprint density at radius 2 is 1.59 bits per heavy atom. The molecule has 0 atom stereocenters. The summed E-state index contributed by atoms with van der Waals surface area (Å²) in [4.78, 5) is 4.99. The van der Waals surface area contributed by atoms with Gasteiger partial charge in [-0.1, -0.05) is 55.8 Å². The van der Waals surface area contributed by atoms with E-state index in [1.165, 1.54) is 24.3 Å². The number of hydrogen-bond acceptors (Lipinski definition) is 6. The van der Waals surface area contributed by atoms with Crippen molar-refractivity contribution in [2.24, 2.45) is 11.7 Å². The van der Waals surface area contributed by atoms with Crippen molar-refractivity contribution in [1.82, 2.24) is 4.98 Å². The van der Waals surface area contributed by atoms with Gasteiger partial charge in [0.25, 0.3) is 0 Å². The quantitative estimate of drug-likeness (QED) is 0.391. The SMILES string of the molecule is Cc1ccc(-c2c(CN)c(CC(C)C)nc(C)c2C(c2ccc(S(C)(=O)=O)cc2)=S(=O)=O)cc1. The smallest absolute Gasteiger partial charge is 0.222 e. The lowest BCUT2D eigenvalue weighted by atomic mass is 9.87. The molecule has 0 fully saturated rings. The lowest BCUT2D eigenvalue weighted by Crippen LogP contribution is -2.17. The molecule has 0 amide bonds. The van der Waals surface area contributed by atoms with E-state index in [0.29, 0.717) is 29.2 Å². The van der Waals surface area contributed by atoms with E-state index in [1.807, 2.05) is 31.2 Å². The molecule has 0 bridgehead atoms. The summed E-state index contributed by atoms with van der Waals surface area (Å²) in [7, 11) is -6.04. The highest BCUT2D eigenvalue weighted by Gasteiger charge is 2.24. The van der Waals surface area contributed by atoms with Crippen molar-refractivity contribution < 1.29 is 16.8 Å². The summed E-state index contributed by atoms with van der Waals surface area (Å²) < 4.78 is 49.0. The van der Waals surface area contributed by atoms with E-state index in [4.69, 9.17) is 10.7 Å². The van der Waals surface area contributed by atoms with Crippen LogP contribution in [0.5, 0.6) is 0 Å². The maximum atomic E-state index is 12.6. The zero-order valence-corrected chi connectivity index (χ0v) is 21.7. The van der Waals surface area contributed by atoms with Crippen LogP contribution >= 0.6 is 0 Å². The third-order valence-electron chi connectivity index (χ3n) is 5.65. The first kappa shape index (κ1) is 25.8. The topological polar surface area (TPSA) is 107 Å². The fourth-order valence-corrected chi connectivity index (χ4v) is 5.45.